The van der Waals surface area contributed by atoms with Crippen molar-refractivity contribution in [2.24, 2.45) is 0 Å². The maximum absolute atomic E-state index is 11.8. The SMILES string of the molecule is CCCOc1cccc2c(NC)c(C(=O)OC)cnc12. The number of benzene rings is 1. The number of hydrogen-bond donors (Lipinski definition) is 1. The molecule has 1 N–H and O–H groups in total. The van der Waals surface area contributed by atoms with Gasteiger partial charge in [-0.25, -0.2) is 4.79 Å². The molecule has 106 valence electrons. The lowest BCUT2D eigenvalue weighted by Crippen LogP contribution is -2.07. The van der Waals surface area contributed by atoms with Gasteiger partial charge in [-0.3, -0.25) is 4.98 Å². The quantitative estimate of drug-likeness (QED) is 0.849. The highest BCUT2D eigenvalue weighted by atomic mass is 16.5. The third-order valence-corrected chi connectivity index (χ3v) is 2.98. The first-order chi connectivity index (χ1) is 9.72. The first-order valence-electron chi connectivity index (χ1n) is 6.53. The average Bonchev–Trinajstić information content (AvgIpc) is 2.50. The first-order valence-corrected chi connectivity index (χ1v) is 6.53. The summed E-state index contributed by atoms with van der Waals surface area (Å²) in [5.41, 5.74) is 1.84. The fourth-order valence-corrected chi connectivity index (χ4v) is 2.06. The van der Waals surface area contributed by atoms with Crippen molar-refractivity contribution in [2.45, 2.75) is 13.3 Å². The van der Waals surface area contributed by atoms with E-state index in [1.165, 1.54) is 13.3 Å². The molecule has 0 saturated carbocycles. The lowest BCUT2D eigenvalue weighted by Gasteiger charge is -2.13. The second-order valence-corrected chi connectivity index (χ2v) is 4.29. The van der Waals surface area contributed by atoms with Gasteiger partial charge in [-0.1, -0.05) is 19.1 Å². The molecule has 0 amide bonds. The van der Waals surface area contributed by atoms with Crippen molar-refractivity contribution in [1.29, 1.82) is 0 Å². The van der Waals surface area contributed by atoms with Crippen LogP contribution < -0.4 is 10.1 Å². The molecular weight excluding hydrogens is 256 g/mol. The summed E-state index contributed by atoms with van der Waals surface area (Å²) in [6.45, 7) is 2.68. The minimum Gasteiger partial charge on any atom is -0.491 e. The Kier molecular flexibility index (Phi) is 4.40. The van der Waals surface area contributed by atoms with Crippen LogP contribution in [0.1, 0.15) is 23.7 Å². The molecular formula is C15H18N2O3. The van der Waals surface area contributed by atoms with Crippen molar-refractivity contribution in [3.05, 3.63) is 30.0 Å². The topological polar surface area (TPSA) is 60.5 Å². The number of esters is 1. The largest absolute Gasteiger partial charge is 0.491 e. The summed E-state index contributed by atoms with van der Waals surface area (Å²) in [7, 11) is 3.12. The number of aromatic nitrogens is 1. The van der Waals surface area contributed by atoms with Crippen LogP contribution in [-0.2, 0) is 4.74 Å². The molecule has 0 bridgehead atoms. The van der Waals surface area contributed by atoms with Gasteiger partial charge in [0.05, 0.1) is 19.4 Å². The Morgan fingerprint density at radius 2 is 2.20 bits per heavy atom. The Labute approximate surface area is 117 Å². The van der Waals surface area contributed by atoms with Gasteiger partial charge >= 0.3 is 5.97 Å². The average molecular weight is 274 g/mol. The van der Waals surface area contributed by atoms with E-state index in [1.807, 2.05) is 25.1 Å². The van der Waals surface area contributed by atoms with E-state index in [1.54, 1.807) is 7.05 Å². The fourth-order valence-electron chi connectivity index (χ4n) is 2.06. The molecule has 0 saturated heterocycles. The summed E-state index contributed by atoms with van der Waals surface area (Å²) < 4.78 is 10.5. The molecule has 1 aromatic carbocycles. The van der Waals surface area contributed by atoms with Crippen LogP contribution in [0.3, 0.4) is 0 Å². The molecule has 2 aromatic rings. The van der Waals surface area contributed by atoms with Gasteiger partial charge in [-0.05, 0) is 12.5 Å². The maximum atomic E-state index is 11.8. The number of fused-ring (bicyclic) bond motifs is 1. The minimum atomic E-state index is -0.413. The summed E-state index contributed by atoms with van der Waals surface area (Å²) in [5, 5.41) is 3.88. The van der Waals surface area contributed by atoms with Crippen molar-refractivity contribution < 1.29 is 14.3 Å². The number of hydrogen-bond acceptors (Lipinski definition) is 5. The Hall–Kier alpha value is -2.30. The maximum Gasteiger partial charge on any atom is 0.341 e. The molecule has 5 heteroatoms. The Bertz CT molecular complexity index is 626. The molecule has 0 fully saturated rings. The molecule has 1 aromatic heterocycles. The predicted octanol–water partition coefficient (Wildman–Crippen LogP) is 2.85. The van der Waals surface area contributed by atoms with E-state index in [0.29, 0.717) is 17.9 Å². The summed E-state index contributed by atoms with van der Waals surface area (Å²) in [4.78, 5) is 16.1. The number of methoxy groups -OCH3 is 1. The number of ether oxygens (including phenoxy) is 2. The third kappa shape index (κ3) is 2.52. The Balaban J connectivity index is 2.60. The number of nitrogens with one attached hydrogen (secondary N) is 1. The van der Waals surface area contributed by atoms with Gasteiger partial charge in [-0.15, -0.1) is 0 Å². The lowest BCUT2D eigenvalue weighted by molar-refractivity contribution is 0.0601. The van der Waals surface area contributed by atoms with E-state index in [9.17, 15) is 4.79 Å². The number of carbonyl (C=O) groups excluding carboxylic acids is 1. The molecule has 20 heavy (non-hydrogen) atoms. The van der Waals surface area contributed by atoms with Crippen LogP contribution in [-0.4, -0.2) is 31.7 Å². The number of rotatable bonds is 5. The van der Waals surface area contributed by atoms with Crippen LogP contribution in [0, 0.1) is 0 Å². The van der Waals surface area contributed by atoms with Crippen LogP contribution in [0.4, 0.5) is 5.69 Å². The van der Waals surface area contributed by atoms with Crippen molar-refractivity contribution in [3.8, 4) is 5.75 Å². The van der Waals surface area contributed by atoms with Crippen LogP contribution >= 0.6 is 0 Å². The Morgan fingerprint density at radius 3 is 2.85 bits per heavy atom. The van der Waals surface area contributed by atoms with Crippen LogP contribution in [0.2, 0.25) is 0 Å². The van der Waals surface area contributed by atoms with Crippen molar-refractivity contribution >= 4 is 22.6 Å². The van der Waals surface area contributed by atoms with Crippen molar-refractivity contribution in [1.82, 2.24) is 4.98 Å². The standard InChI is InChI=1S/C15H18N2O3/c1-4-8-20-12-7-5-6-10-13(16-2)11(15(18)19-3)9-17-14(10)12/h5-7,9H,4,8H2,1-3H3,(H,16,17). The molecule has 0 aliphatic heterocycles. The minimum absolute atomic E-state index is 0.412. The molecule has 5 nitrogen and oxygen atoms in total. The molecule has 0 atom stereocenters. The number of nitrogens with zero attached hydrogens (tertiary/aromatic N) is 1. The molecule has 0 aliphatic rings. The highest BCUT2D eigenvalue weighted by Gasteiger charge is 2.16. The molecule has 1 heterocycles. The fraction of sp³-hybridized carbons (Fsp3) is 0.333. The van der Waals surface area contributed by atoms with E-state index in [-0.39, 0.29) is 0 Å². The molecule has 0 aliphatic carbocycles. The molecule has 0 unspecified atom stereocenters. The second kappa shape index (κ2) is 6.23. The summed E-state index contributed by atoms with van der Waals surface area (Å²) in [6, 6.07) is 5.67. The third-order valence-electron chi connectivity index (χ3n) is 2.98. The highest BCUT2D eigenvalue weighted by molar-refractivity contribution is 6.06. The zero-order valence-electron chi connectivity index (χ0n) is 11.9. The second-order valence-electron chi connectivity index (χ2n) is 4.29. The Morgan fingerprint density at radius 1 is 1.40 bits per heavy atom. The van der Waals surface area contributed by atoms with Gasteiger partial charge in [0.2, 0.25) is 0 Å². The van der Waals surface area contributed by atoms with Gasteiger partial charge < -0.3 is 14.8 Å². The van der Waals surface area contributed by atoms with E-state index in [4.69, 9.17) is 9.47 Å². The summed E-state index contributed by atoms with van der Waals surface area (Å²) in [6.07, 6.45) is 2.44. The van der Waals surface area contributed by atoms with Crippen LogP contribution in [0.5, 0.6) is 5.75 Å². The number of para-hydroxylation sites is 1. The van der Waals surface area contributed by atoms with Gasteiger partial charge in [0, 0.05) is 18.6 Å². The monoisotopic (exact) mass is 274 g/mol. The highest BCUT2D eigenvalue weighted by Crippen LogP contribution is 2.31. The van der Waals surface area contributed by atoms with Gasteiger partial charge in [0.25, 0.3) is 0 Å². The summed E-state index contributed by atoms with van der Waals surface area (Å²) in [5.74, 6) is 0.306. The first kappa shape index (κ1) is 14.1. The van der Waals surface area contributed by atoms with E-state index >= 15 is 0 Å². The number of anilines is 1. The smallest absolute Gasteiger partial charge is 0.341 e. The van der Waals surface area contributed by atoms with E-state index in [2.05, 4.69) is 10.3 Å². The van der Waals surface area contributed by atoms with Crippen LogP contribution in [0.15, 0.2) is 24.4 Å². The predicted molar refractivity (Wildman–Crippen MR) is 78.4 cm³/mol. The van der Waals surface area contributed by atoms with Gasteiger partial charge in [-0.2, -0.15) is 0 Å². The number of carbonyl (C=O) groups is 1. The lowest BCUT2D eigenvalue weighted by atomic mass is 10.1. The molecule has 2 rings (SSSR count). The zero-order valence-corrected chi connectivity index (χ0v) is 11.9. The van der Waals surface area contributed by atoms with E-state index < -0.39 is 5.97 Å². The normalized spacial score (nSPS) is 10.3. The summed E-state index contributed by atoms with van der Waals surface area (Å²) >= 11 is 0. The van der Waals surface area contributed by atoms with Crippen molar-refractivity contribution in [3.63, 3.8) is 0 Å². The van der Waals surface area contributed by atoms with Gasteiger partial charge in [0.1, 0.15) is 16.8 Å². The van der Waals surface area contributed by atoms with E-state index in [0.717, 1.165) is 23.1 Å². The number of pyridine rings is 1. The molecule has 0 radical (unpaired) electrons. The van der Waals surface area contributed by atoms with Crippen LogP contribution in [0.25, 0.3) is 10.9 Å². The van der Waals surface area contributed by atoms with Gasteiger partial charge in [0.15, 0.2) is 0 Å². The zero-order chi connectivity index (χ0) is 14.5. The van der Waals surface area contributed by atoms with Crippen molar-refractivity contribution in [2.75, 3.05) is 26.1 Å². The molecule has 0 spiro atoms.